The highest BCUT2D eigenvalue weighted by atomic mass is 79.9. The van der Waals surface area contributed by atoms with Gasteiger partial charge in [0.05, 0.1) is 14.5 Å². The monoisotopic (exact) mass is 490 g/mol. The minimum Gasteiger partial charge on any atom is -0.509 e. The maximum atomic E-state index is 13.4. The van der Waals surface area contributed by atoms with E-state index in [2.05, 4.69) is 31.9 Å². The molecule has 2 aromatic carbocycles. The van der Waals surface area contributed by atoms with Crippen LogP contribution in [0.1, 0.15) is 34.7 Å². The molecule has 0 aliphatic rings. The van der Waals surface area contributed by atoms with Gasteiger partial charge in [-0.1, -0.05) is 10.9 Å². The van der Waals surface area contributed by atoms with Crippen molar-refractivity contribution in [1.82, 2.24) is 0 Å². The average molecular weight is 492 g/mol. The Bertz CT molecular complexity index is 1090. The Kier molecular flexibility index (Phi) is 5.27. The molecule has 136 valence electrons. The number of halogens is 2. The molecular formula is C17H15B3Br2O5. The van der Waals surface area contributed by atoms with E-state index in [9.17, 15) is 20.1 Å². The van der Waals surface area contributed by atoms with Crippen LogP contribution in [0.15, 0.2) is 25.5 Å². The van der Waals surface area contributed by atoms with Gasteiger partial charge >= 0.3 is 0 Å². The van der Waals surface area contributed by atoms with Crippen LogP contribution >= 0.6 is 31.9 Å². The van der Waals surface area contributed by atoms with Gasteiger partial charge in [-0.25, -0.2) is 0 Å². The molecule has 0 aliphatic carbocycles. The van der Waals surface area contributed by atoms with E-state index in [0.717, 1.165) is 0 Å². The fourth-order valence-electron chi connectivity index (χ4n) is 3.19. The number of aliphatic hydroxyl groups is 1. The predicted octanol–water partition coefficient (Wildman–Crippen LogP) is -0.572. The van der Waals surface area contributed by atoms with Crippen molar-refractivity contribution in [2.75, 3.05) is 0 Å². The van der Waals surface area contributed by atoms with Crippen LogP contribution in [0.4, 0.5) is 0 Å². The van der Waals surface area contributed by atoms with Crippen LogP contribution in [0.25, 0.3) is 11.0 Å². The predicted molar refractivity (Wildman–Crippen MR) is 120 cm³/mol. The molecule has 1 atom stereocenters. The molecule has 0 bridgehead atoms. The molecular weight excluding hydrogens is 476 g/mol. The molecule has 3 aromatic rings. The Morgan fingerprint density at radius 2 is 1.59 bits per heavy atom. The molecule has 27 heavy (non-hydrogen) atoms. The van der Waals surface area contributed by atoms with E-state index in [0.29, 0.717) is 41.9 Å². The molecule has 3 N–H and O–H groups in total. The van der Waals surface area contributed by atoms with Crippen molar-refractivity contribution in [2.24, 2.45) is 0 Å². The smallest absolute Gasteiger partial charge is 0.197 e. The molecule has 1 aromatic heterocycles. The number of ketones is 1. The number of hydrogen-bond donors (Lipinski definition) is 3. The van der Waals surface area contributed by atoms with Crippen molar-refractivity contribution in [1.29, 1.82) is 0 Å². The van der Waals surface area contributed by atoms with E-state index in [1.807, 2.05) is 0 Å². The summed E-state index contributed by atoms with van der Waals surface area (Å²) < 4.78 is 6.57. The van der Waals surface area contributed by atoms with Crippen molar-refractivity contribution in [3.05, 3.63) is 38.0 Å². The zero-order valence-corrected chi connectivity index (χ0v) is 18.3. The summed E-state index contributed by atoms with van der Waals surface area (Å²) in [4.78, 5) is 13.4. The van der Waals surface area contributed by atoms with E-state index >= 15 is 0 Å². The minimum atomic E-state index is -1.01. The summed E-state index contributed by atoms with van der Waals surface area (Å²) in [5.74, 6) is -0.0997. The van der Waals surface area contributed by atoms with Crippen molar-refractivity contribution in [2.45, 2.75) is 13.0 Å². The van der Waals surface area contributed by atoms with Crippen LogP contribution < -0.4 is 16.4 Å². The molecule has 5 nitrogen and oxygen atoms in total. The summed E-state index contributed by atoms with van der Waals surface area (Å²) >= 11 is 6.47. The SMILES string of the molecule is Bc1c(O)c(B)c2oc(C(C)O)c(C(=O)c3cc(Br)c(O)c(Br)c3)c2c1B. The molecule has 10 heteroatoms. The Morgan fingerprint density at radius 3 is 2.11 bits per heavy atom. The van der Waals surface area contributed by atoms with Gasteiger partial charge in [-0.15, -0.1) is 0 Å². The van der Waals surface area contributed by atoms with Crippen LogP contribution in [-0.2, 0) is 0 Å². The lowest BCUT2D eigenvalue weighted by Crippen LogP contribution is -2.32. The summed E-state index contributed by atoms with van der Waals surface area (Å²) in [7, 11) is 5.28. The number of aromatic hydroxyl groups is 2. The van der Waals surface area contributed by atoms with Gasteiger partial charge < -0.3 is 19.7 Å². The molecule has 0 spiro atoms. The number of hydrogen-bond acceptors (Lipinski definition) is 5. The molecule has 0 aliphatic heterocycles. The highest BCUT2D eigenvalue weighted by Crippen LogP contribution is 2.36. The number of benzene rings is 2. The molecule has 0 fully saturated rings. The Balaban J connectivity index is 2.40. The number of rotatable bonds is 3. The standard InChI is InChI=1S/C17H15B3Br2O5/c1-4(23)16-9(13(24)5-2-6(21)14(25)7(22)3-5)8-10(18)11(19)15(26)12(20)17(8)27-16/h2-4,23,25-26H,18-20H2,1H3. The molecule has 0 radical (unpaired) electrons. The Morgan fingerprint density at radius 1 is 1.04 bits per heavy atom. The van der Waals surface area contributed by atoms with Crippen LogP contribution in [0.2, 0.25) is 0 Å². The lowest BCUT2D eigenvalue weighted by atomic mass is 9.73. The first kappa shape index (κ1) is 20.1. The fraction of sp³-hybridized carbons (Fsp3) is 0.118. The first-order chi connectivity index (χ1) is 12.6. The minimum absolute atomic E-state index is 0.00727. The Hall–Kier alpha value is -1.64. The summed E-state index contributed by atoms with van der Waals surface area (Å²) in [5.41, 5.74) is 2.84. The van der Waals surface area contributed by atoms with Gasteiger partial charge in [0.1, 0.15) is 52.5 Å². The van der Waals surface area contributed by atoms with Crippen LogP contribution in [0.3, 0.4) is 0 Å². The second-order valence-corrected chi connectivity index (χ2v) is 8.27. The molecule has 0 saturated carbocycles. The highest BCUT2D eigenvalue weighted by molar-refractivity contribution is 9.11. The van der Waals surface area contributed by atoms with Crippen molar-refractivity contribution in [3.8, 4) is 11.5 Å². The second-order valence-electron chi connectivity index (χ2n) is 6.56. The van der Waals surface area contributed by atoms with Crippen molar-refractivity contribution in [3.63, 3.8) is 0 Å². The normalized spacial score (nSPS) is 12.4. The van der Waals surface area contributed by atoms with Crippen LogP contribution in [0.5, 0.6) is 11.5 Å². The topological polar surface area (TPSA) is 90.9 Å². The van der Waals surface area contributed by atoms with Gasteiger partial charge in [0.15, 0.2) is 5.78 Å². The van der Waals surface area contributed by atoms with E-state index in [1.54, 1.807) is 23.5 Å². The van der Waals surface area contributed by atoms with Gasteiger partial charge in [-0.05, 0) is 56.4 Å². The van der Waals surface area contributed by atoms with Crippen LogP contribution in [0, 0.1) is 0 Å². The van der Waals surface area contributed by atoms with E-state index in [1.165, 1.54) is 19.1 Å². The summed E-state index contributed by atoms with van der Waals surface area (Å²) in [6.07, 6.45) is -1.01. The first-order valence-corrected chi connectivity index (χ1v) is 9.80. The first-order valence-electron chi connectivity index (χ1n) is 8.22. The van der Waals surface area contributed by atoms with Gasteiger partial charge in [-0.3, -0.25) is 4.79 Å². The second kappa shape index (κ2) is 7.07. The summed E-state index contributed by atoms with van der Waals surface area (Å²) in [5, 5.41) is 31.0. The molecule has 1 unspecified atom stereocenters. The lowest BCUT2D eigenvalue weighted by molar-refractivity contribution is 0.102. The van der Waals surface area contributed by atoms with E-state index in [4.69, 9.17) is 4.42 Å². The van der Waals surface area contributed by atoms with Crippen molar-refractivity contribution >= 4 is 88.5 Å². The zero-order chi connectivity index (χ0) is 20.2. The van der Waals surface area contributed by atoms with E-state index in [-0.39, 0.29) is 28.6 Å². The zero-order valence-electron chi connectivity index (χ0n) is 15.1. The largest absolute Gasteiger partial charge is 0.509 e. The van der Waals surface area contributed by atoms with Gasteiger partial charge in [0.25, 0.3) is 0 Å². The molecule has 0 amide bonds. The third-order valence-corrected chi connectivity index (χ3v) is 6.02. The number of furan rings is 1. The molecule has 0 saturated heterocycles. The number of carbonyl (C=O) groups is 1. The third kappa shape index (κ3) is 3.13. The maximum Gasteiger partial charge on any atom is 0.197 e. The fourth-order valence-corrected chi connectivity index (χ4v) is 4.37. The number of aliphatic hydroxyl groups excluding tert-OH is 1. The number of phenolic OH excluding ortho intramolecular Hbond substituents is 2. The summed E-state index contributed by atoms with van der Waals surface area (Å²) in [6.45, 7) is 1.52. The molecule has 3 rings (SSSR count). The number of phenols is 2. The highest BCUT2D eigenvalue weighted by Gasteiger charge is 2.29. The number of fused-ring (bicyclic) bond motifs is 1. The van der Waals surface area contributed by atoms with E-state index < -0.39 is 6.10 Å². The number of carbonyl (C=O) groups excluding carboxylic acids is 1. The quantitative estimate of drug-likeness (QED) is 0.337. The third-order valence-electron chi connectivity index (χ3n) is 4.81. The van der Waals surface area contributed by atoms with Gasteiger partial charge in [-0.2, -0.15) is 0 Å². The average Bonchev–Trinajstić information content (AvgIpc) is 3.02. The van der Waals surface area contributed by atoms with Gasteiger partial charge in [0, 0.05) is 10.9 Å². The summed E-state index contributed by atoms with van der Waals surface area (Å²) in [6, 6.07) is 3.03. The Labute approximate surface area is 175 Å². The molecule has 1 heterocycles. The van der Waals surface area contributed by atoms with Crippen LogP contribution in [-0.4, -0.2) is 44.6 Å². The maximum absolute atomic E-state index is 13.4. The lowest BCUT2D eigenvalue weighted by Gasteiger charge is -2.11. The van der Waals surface area contributed by atoms with Gasteiger partial charge in [0.2, 0.25) is 0 Å². The van der Waals surface area contributed by atoms with Crippen molar-refractivity contribution < 1.29 is 24.5 Å².